The fraction of sp³-hybridized carbons (Fsp3) is 0.409. The van der Waals surface area contributed by atoms with Gasteiger partial charge in [-0.25, -0.2) is 9.97 Å². The Morgan fingerprint density at radius 3 is 2.64 bits per heavy atom. The Kier molecular flexibility index (Phi) is 5.17. The molecular formula is C22H26N4OS. The summed E-state index contributed by atoms with van der Waals surface area (Å²) in [6, 6.07) is 10.4. The van der Waals surface area contributed by atoms with Crippen LogP contribution in [0.3, 0.4) is 0 Å². The van der Waals surface area contributed by atoms with E-state index in [-0.39, 0.29) is 11.9 Å². The molecule has 1 unspecified atom stereocenters. The van der Waals surface area contributed by atoms with E-state index in [0.717, 1.165) is 58.2 Å². The first-order valence-electron chi connectivity index (χ1n) is 9.80. The highest BCUT2D eigenvalue weighted by Crippen LogP contribution is 2.35. The number of carbonyl (C=O) groups is 1. The zero-order valence-electron chi connectivity index (χ0n) is 16.9. The largest absolute Gasteiger partial charge is 0.328 e. The maximum absolute atomic E-state index is 13.6. The molecule has 0 saturated carbocycles. The second-order valence-corrected chi connectivity index (χ2v) is 8.50. The highest BCUT2D eigenvalue weighted by molar-refractivity contribution is 7.20. The van der Waals surface area contributed by atoms with Crippen molar-refractivity contribution >= 4 is 27.5 Å². The van der Waals surface area contributed by atoms with Gasteiger partial charge in [0.25, 0.3) is 5.91 Å². The van der Waals surface area contributed by atoms with Crippen molar-refractivity contribution in [2.75, 3.05) is 26.7 Å². The minimum Gasteiger partial charge on any atom is -0.328 e. The second-order valence-electron chi connectivity index (χ2n) is 7.50. The molecule has 4 rings (SSSR count). The highest BCUT2D eigenvalue weighted by atomic mass is 32.1. The average Bonchev–Trinajstić information content (AvgIpc) is 3.05. The number of amides is 1. The van der Waals surface area contributed by atoms with Crippen LogP contribution in [-0.2, 0) is 6.42 Å². The molecule has 1 atom stereocenters. The second kappa shape index (κ2) is 7.60. The Bertz CT molecular complexity index is 1010. The monoisotopic (exact) mass is 394 g/mol. The Morgan fingerprint density at radius 2 is 1.93 bits per heavy atom. The fourth-order valence-electron chi connectivity index (χ4n) is 4.01. The summed E-state index contributed by atoms with van der Waals surface area (Å²) in [7, 11) is 2.12. The van der Waals surface area contributed by atoms with Gasteiger partial charge >= 0.3 is 0 Å². The predicted octanol–water partition coefficient (Wildman–Crippen LogP) is 4.00. The van der Waals surface area contributed by atoms with Crippen molar-refractivity contribution in [2.45, 2.75) is 33.2 Å². The van der Waals surface area contributed by atoms with Gasteiger partial charge < -0.3 is 9.80 Å². The van der Waals surface area contributed by atoms with Crippen molar-refractivity contribution in [3.05, 3.63) is 57.9 Å². The maximum Gasteiger partial charge on any atom is 0.264 e. The van der Waals surface area contributed by atoms with Crippen LogP contribution < -0.4 is 0 Å². The van der Waals surface area contributed by atoms with Gasteiger partial charge in [-0.3, -0.25) is 4.79 Å². The lowest BCUT2D eigenvalue weighted by Gasteiger charge is -2.40. The van der Waals surface area contributed by atoms with Crippen molar-refractivity contribution in [3.8, 4) is 0 Å². The molecule has 1 aliphatic rings. The summed E-state index contributed by atoms with van der Waals surface area (Å²) in [6.07, 6.45) is 0.797. The van der Waals surface area contributed by atoms with Gasteiger partial charge in [0.05, 0.1) is 10.9 Å². The van der Waals surface area contributed by atoms with Gasteiger partial charge in [0.2, 0.25) is 0 Å². The molecule has 28 heavy (non-hydrogen) atoms. The van der Waals surface area contributed by atoms with Crippen LogP contribution in [0.25, 0.3) is 10.2 Å². The lowest BCUT2D eigenvalue weighted by Crippen LogP contribution is -2.49. The maximum atomic E-state index is 13.6. The topological polar surface area (TPSA) is 49.3 Å². The molecule has 3 heterocycles. The van der Waals surface area contributed by atoms with E-state index in [1.165, 1.54) is 16.9 Å². The molecule has 2 aromatic heterocycles. The minimum absolute atomic E-state index is 0.0652. The lowest BCUT2D eigenvalue weighted by atomic mass is 10.0. The van der Waals surface area contributed by atoms with Crippen LogP contribution in [0.1, 0.15) is 45.3 Å². The molecule has 0 spiro atoms. The van der Waals surface area contributed by atoms with E-state index in [1.54, 1.807) is 0 Å². The molecule has 0 aliphatic carbocycles. The summed E-state index contributed by atoms with van der Waals surface area (Å²) < 4.78 is 0. The van der Waals surface area contributed by atoms with Gasteiger partial charge in [0.1, 0.15) is 10.7 Å². The molecule has 0 radical (unpaired) electrons. The van der Waals surface area contributed by atoms with Crippen LogP contribution in [0, 0.1) is 13.8 Å². The van der Waals surface area contributed by atoms with E-state index in [4.69, 9.17) is 0 Å². The Labute approximate surface area is 170 Å². The number of piperazine rings is 1. The predicted molar refractivity (Wildman–Crippen MR) is 114 cm³/mol. The molecule has 3 aromatic rings. The van der Waals surface area contributed by atoms with Crippen molar-refractivity contribution in [3.63, 3.8) is 0 Å². The van der Waals surface area contributed by atoms with Crippen LogP contribution >= 0.6 is 11.3 Å². The van der Waals surface area contributed by atoms with Crippen LogP contribution in [0.4, 0.5) is 0 Å². The van der Waals surface area contributed by atoms with Gasteiger partial charge in [0.15, 0.2) is 0 Å². The van der Waals surface area contributed by atoms with E-state index < -0.39 is 0 Å². The molecule has 0 N–H and O–H groups in total. The van der Waals surface area contributed by atoms with E-state index in [9.17, 15) is 4.79 Å². The number of carbonyl (C=O) groups excluding carboxylic acids is 1. The molecule has 1 saturated heterocycles. The van der Waals surface area contributed by atoms with E-state index >= 15 is 0 Å². The molecule has 5 nitrogen and oxygen atoms in total. The number of hydrogen-bond acceptors (Lipinski definition) is 5. The first-order valence-corrected chi connectivity index (χ1v) is 10.6. The zero-order valence-corrected chi connectivity index (χ0v) is 17.7. The number of hydrogen-bond donors (Lipinski definition) is 0. The molecule has 1 aliphatic heterocycles. The number of fused-ring (bicyclic) bond motifs is 1. The molecule has 1 amide bonds. The number of aromatic nitrogens is 2. The quantitative estimate of drug-likeness (QED) is 0.674. The van der Waals surface area contributed by atoms with Gasteiger partial charge in [-0.2, -0.15) is 0 Å². The molecule has 6 heteroatoms. The number of rotatable bonds is 3. The van der Waals surface area contributed by atoms with Crippen molar-refractivity contribution in [2.24, 2.45) is 0 Å². The van der Waals surface area contributed by atoms with Gasteiger partial charge in [0, 0.05) is 37.1 Å². The summed E-state index contributed by atoms with van der Waals surface area (Å²) >= 11 is 1.51. The molecule has 1 fully saturated rings. The molecule has 1 aromatic carbocycles. The number of thiophene rings is 1. The van der Waals surface area contributed by atoms with Crippen molar-refractivity contribution < 1.29 is 4.79 Å². The summed E-state index contributed by atoms with van der Waals surface area (Å²) in [6.45, 7) is 8.56. The summed E-state index contributed by atoms with van der Waals surface area (Å²) in [5.41, 5.74) is 3.16. The van der Waals surface area contributed by atoms with Crippen LogP contribution in [0.5, 0.6) is 0 Å². The molecule has 146 valence electrons. The zero-order chi connectivity index (χ0) is 19.8. The lowest BCUT2D eigenvalue weighted by molar-refractivity contribution is 0.0502. The average molecular weight is 395 g/mol. The van der Waals surface area contributed by atoms with Crippen LogP contribution in [0.15, 0.2) is 30.3 Å². The van der Waals surface area contributed by atoms with Crippen molar-refractivity contribution in [1.82, 2.24) is 19.8 Å². The van der Waals surface area contributed by atoms with Crippen LogP contribution in [-0.4, -0.2) is 52.4 Å². The van der Waals surface area contributed by atoms with Gasteiger partial charge in [-0.1, -0.05) is 37.3 Å². The highest BCUT2D eigenvalue weighted by Gasteiger charge is 2.33. The van der Waals surface area contributed by atoms with Gasteiger partial charge in [-0.15, -0.1) is 11.3 Å². The third kappa shape index (κ3) is 3.31. The number of aryl methyl sites for hydroxylation is 3. The number of benzene rings is 1. The first-order chi connectivity index (χ1) is 13.5. The molecular weight excluding hydrogens is 368 g/mol. The SMILES string of the molecule is CCc1nc(C)c2c(C)c(C(=O)N3CCN(C)CC3c3ccccc3)sc2n1. The van der Waals surface area contributed by atoms with E-state index in [1.807, 2.05) is 36.9 Å². The summed E-state index contributed by atoms with van der Waals surface area (Å²) in [4.78, 5) is 29.0. The van der Waals surface area contributed by atoms with E-state index in [0.29, 0.717) is 0 Å². The molecule has 0 bridgehead atoms. The number of nitrogens with zero attached hydrogens (tertiary/aromatic N) is 4. The third-order valence-electron chi connectivity index (χ3n) is 5.56. The normalized spacial score (nSPS) is 18.0. The smallest absolute Gasteiger partial charge is 0.264 e. The first kappa shape index (κ1) is 19.0. The Balaban J connectivity index is 1.75. The standard InChI is InChI=1S/C22H26N4OS/c1-5-18-23-15(3)19-14(2)20(28-21(19)24-18)22(27)26-12-11-25(4)13-17(26)16-9-7-6-8-10-16/h6-10,17H,5,11-13H2,1-4H3. The number of likely N-dealkylation sites (N-methyl/N-ethyl adjacent to an activating group) is 1. The van der Waals surface area contributed by atoms with E-state index in [2.05, 4.69) is 41.0 Å². The van der Waals surface area contributed by atoms with Crippen LogP contribution in [0.2, 0.25) is 0 Å². The minimum atomic E-state index is 0.0652. The summed E-state index contributed by atoms with van der Waals surface area (Å²) in [5, 5.41) is 1.04. The van der Waals surface area contributed by atoms with Crippen molar-refractivity contribution in [1.29, 1.82) is 0 Å². The fourth-order valence-corrected chi connectivity index (χ4v) is 5.22. The summed E-state index contributed by atoms with van der Waals surface area (Å²) in [5.74, 6) is 0.951. The Morgan fingerprint density at radius 1 is 1.18 bits per heavy atom. The third-order valence-corrected chi connectivity index (χ3v) is 6.73. The van der Waals surface area contributed by atoms with Gasteiger partial charge in [-0.05, 0) is 32.0 Å². The Hall–Kier alpha value is -2.31.